The standard InChI is InChI=1S/C13H18N2O4/c1-15(9-11-5-3-2-4-6-11)13(18)14-7-8-19-10-12(16)17/h2-6H,7-10H2,1H3,(H,14,18)(H,16,17). The smallest absolute Gasteiger partial charge is 0.329 e. The van der Waals surface area contributed by atoms with E-state index in [2.05, 4.69) is 5.32 Å². The Balaban J connectivity index is 2.20. The first-order valence-electron chi connectivity index (χ1n) is 5.92. The Morgan fingerprint density at radius 3 is 2.63 bits per heavy atom. The second kappa shape index (κ2) is 8.10. The number of carboxylic acids is 1. The molecular weight excluding hydrogens is 248 g/mol. The average Bonchev–Trinajstić information content (AvgIpc) is 2.38. The van der Waals surface area contributed by atoms with Crippen LogP contribution >= 0.6 is 0 Å². The number of carboxylic acid groups (broad SMARTS) is 1. The number of aliphatic carboxylic acids is 1. The predicted octanol–water partition coefficient (Wildman–Crippen LogP) is 0.929. The van der Waals surface area contributed by atoms with E-state index < -0.39 is 5.97 Å². The van der Waals surface area contributed by atoms with Gasteiger partial charge in [-0.2, -0.15) is 0 Å². The highest BCUT2D eigenvalue weighted by Crippen LogP contribution is 2.02. The quantitative estimate of drug-likeness (QED) is 0.720. The topological polar surface area (TPSA) is 78.9 Å². The van der Waals surface area contributed by atoms with E-state index in [-0.39, 0.29) is 25.8 Å². The lowest BCUT2D eigenvalue weighted by atomic mass is 10.2. The highest BCUT2D eigenvalue weighted by atomic mass is 16.5. The Labute approximate surface area is 112 Å². The van der Waals surface area contributed by atoms with Gasteiger partial charge in [-0.3, -0.25) is 0 Å². The summed E-state index contributed by atoms with van der Waals surface area (Å²) in [5.74, 6) is -1.02. The summed E-state index contributed by atoms with van der Waals surface area (Å²) in [6.07, 6.45) is 0. The minimum Gasteiger partial charge on any atom is -0.480 e. The second-order valence-electron chi connectivity index (χ2n) is 4.02. The molecule has 2 N–H and O–H groups in total. The molecule has 0 bridgehead atoms. The first kappa shape index (κ1) is 15.0. The number of hydrogen-bond donors (Lipinski definition) is 2. The zero-order valence-corrected chi connectivity index (χ0v) is 10.8. The molecule has 1 aromatic carbocycles. The number of carbonyl (C=O) groups excluding carboxylic acids is 1. The Bertz CT molecular complexity index is 408. The number of carbonyl (C=O) groups is 2. The van der Waals surface area contributed by atoms with Gasteiger partial charge < -0.3 is 20.1 Å². The Hall–Kier alpha value is -2.08. The molecule has 0 fully saturated rings. The number of urea groups is 1. The molecule has 0 atom stereocenters. The molecule has 1 rings (SSSR count). The van der Waals surface area contributed by atoms with Crippen molar-refractivity contribution >= 4 is 12.0 Å². The highest BCUT2D eigenvalue weighted by molar-refractivity contribution is 5.73. The van der Waals surface area contributed by atoms with Gasteiger partial charge >= 0.3 is 12.0 Å². The van der Waals surface area contributed by atoms with E-state index in [1.807, 2.05) is 30.3 Å². The number of ether oxygens (including phenoxy) is 1. The molecule has 2 amide bonds. The van der Waals surface area contributed by atoms with Crippen molar-refractivity contribution in [2.75, 3.05) is 26.8 Å². The molecule has 0 aromatic heterocycles. The lowest BCUT2D eigenvalue weighted by Gasteiger charge is -2.18. The molecule has 0 saturated carbocycles. The summed E-state index contributed by atoms with van der Waals surface area (Å²) < 4.78 is 4.81. The van der Waals surface area contributed by atoms with E-state index in [0.29, 0.717) is 6.54 Å². The number of hydrogen-bond acceptors (Lipinski definition) is 3. The Morgan fingerprint density at radius 2 is 2.00 bits per heavy atom. The van der Waals surface area contributed by atoms with Crippen LogP contribution in [0, 0.1) is 0 Å². The lowest BCUT2D eigenvalue weighted by molar-refractivity contribution is -0.142. The van der Waals surface area contributed by atoms with Crippen LogP contribution in [0.25, 0.3) is 0 Å². The van der Waals surface area contributed by atoms with Crippen molar-refractivity contribution in [3.05, 3.63) is 35.9 Å². The third-order valence-corrected chi connectivity index (χ3v) is 2.36. The lowest BCUT2D eigenvalue weighted by Crippen LogP contribution is -2.38. The molecule has 0 unspecified atom stereocenters. The first-order valence-corrected chi connectivity index (χ1v) is 5.92. The maximum absolute atomic E-state index is 11.7. The number of benzene rings is 1. The molecule has 0 radical (unpaired) electrons. The van der Waals surface area contributed by atoms with Gasteiger partial charge in [0.2, 0.25) is 0 Å². The van der Waals surface area contributed by atoms with Crippen LogP contribution < -0.4 is 5.32 Å². The van der Waals surface area contributed by atoms with E-state index in [1.54, 1.807) is 11.9 Å². The molecule has 0 aliphatic rings. The van der Waals surface area contributed by atoms with Crippen LogP contribution in [-0.2, 0) is 16.1 Å². The van der Waals surface area contributed by atoms with Crippen molar-refractivity contribution in [3.8, 4) is 0 Å². The third kappa shape index (κ3) is 6.42. The van der Waals surface area contributed by atoms with Gasteiger partial charge in [-0.15, -0.1) is 0 Å². The summed E-state index contributed by atoms with van der Waals surface area (Å²) in [5, 5.41) is 11.0. The van der Waals surface area contributed by atoms with E-state index >= 15 is 0 Å². The van der Waals surface area contributed by atoms with Crippen LogP contribution in [-0.4, -0.2) is 48.8 Å². The van der Waals surface area contributed by atoms with Crippen LogP contribution in [0.2, 0.25) is 0 Å². The summed E-state index contributed by atoms with van der Waals surface area (Å²) in [4.78, 5) is 23.4. The van der Waals surface area contributed by atoms with E-state index in [9.17, 15) is 9.59 Å². The monoisotopic (exact) mass is 266 g/mol. The van der Waals surface area contributed by atoms with Gasteiger partial charge in [-0.05, 0) is 5.56 Å². The molecule has 0 aliphatic heterocycles. The summed E-state index contributed by atoms with van der Waals surface area (Å²) in [5.41, 5.74) is 1.04. The van der Waals surface area contributed by atoms with E-state index in [4.69, 9.17) is 9.84 Å². The minimum atomic E-state index is -1.02. The van der Waals surface area contributed by atoms with Crippen molar-refractivity contribution in [3.63, 3.8) is 0 Å². The van der Waals surface area contributed by atoms with Gasteiger partial charge in [0.25, 0.3) is 0 Å². The fraction of sp³-hybridized carbons (Fsp3) is 0.385. The van der Waals surface area contributed by atoms with Crippen molar-refractivity contribution in [1.82, 2.24) is 10.2 Å². The third-order valence-electron chi connectivity index (χ3n) is 2.36. The van der Waals surface area contributed by atoms with Crippen molar-refractivity contribution in [2.45, 2.75) is 6.54 Å². The molecule has 0 spiro atoms. The predicted molar refractivity (Wildman–Crippen MR) is 69.8 cm³/mol. The molecule has 0 aliphatic carbocycles. The molecule has 19 heavy (non-hydrogen) atoms. The second-order valence-corrected chi connectivity index (χ2v) is 4.02. The maximum Gasteiger partial charge on any atom is 0.329 e. The van der Waals surface area contributed by atoms with Crippen molar-refractivity contribution in [1.29, 1.82) is 0 Å². The molecular formula is C13H18N2O4. The van der Waals surface area contributed by atoms with Crippen LogP contribution in [0.1, 0.15) is 5.56 Å². The van der Waals surface area contributed by atoms with Gasteiger partial charge in [-0.25, -0.2) is 9.59 Å². The first-order chi connectivity index (χ1) is 9.09. The van der Waals surface area contributed by atoms with Crippen LogP contribution in [0.15, 0.2) is 30.3 Å². The van der Waals surface area contributed by atoms with E-state index in [0.717, 1.165) is 5.56 Å². The number of amides is 2. The molecule has 0 heterocycles. The van der Waals surface area contributed by atoms with Crippen LogP contribution in [0.3, 0.4) is 0 Å². The SMILES string of the molecule is CN(Cc1ccccc1)C(=O)NCCOCC(=O)O. The van der Waals surface area contributed by atoms with Crippen molar-refractivity contribution < 1.29 is 19.4 Å². The van der Waals surface area contributed by atoms with Crippen molar-refractivity contribution in [2.24, 2.45) is 0 Å². The van der Waals surface area contributed by atoms with Gasteiger partial charge in [0.1, 0.15) is 6.61 Å². The largest absolute Gasteiger partial charge is 0.480 e. The highest BCUT2D eigenvalue weighted by Gasteiger charge is 2.07. The normalized spacial score (nSPS) is 9.95. The molecule has 6 heteroatoms. The molecule has 1 aromatic rings. The van der Waals surface area contributed by atoms with Gasteiger partial charge in [0.05, 0.1) is 6.61 Å². The Morgan fingerprint density at radius 1 is 1.32 bits per heavy atom. The van der Waals surface area contributed by atoms with Gasteiger partial charge in [0, 0.05) is 20.1 Å². The molecule has 0 saturated heterocycles. The van der Waals surface area contributed by atoms with Crippen LogP contribution in [0.5, 0.6) is 0 Å². The molecule has 6 nitrogen and oxygen atoms in total. The van der Waals surface area contributed by atoms with Crippen LogP contribution in [0.4, 0.5) is 4.79 Å². The molecule has 104 valence electrons. The summed E-state index contributed by atoms with van der Waals surface area (Å²) in [6.45, 7) is 0.626. The zero-order chi connectivity index (χ0) is 14.1. The number of nitrogens with one attached hydrogen (secondary N) is 1. The number of rotatable bonds is 7. The summed E-state index contributed by atoms with van der Waals surface area (Å²) >= 11 is 0. The average molecular weight is 266 g/mol. The fourth-order valence-corrected chi connectivity index (χ4v) is 1.45. The maximum atomic E-state index is 11.7. The minimum absolute atomic E-state index is 0.178. The van der Waals surface area contributed by atoms with E-state index in [1.165, 1.54) is 0 Å². The van der Waals surface area contributed by atoms with Gasteiger partial charge in [0.15, 0.2) is 0 Å². The number of nitrogens with zero attached hydrogens (tertiary/aromatic N) is 1. The van der Waals surface area contributed by atoms with Gasteiger partial charge in [-0.1, -0.05) is 30.3 Å². The Kier molecular flexibility index (Phi) is 6.38. The fourth-order valence-electron chi connectivity index (χ4n) is 1.45. The zero-order valence-electron chi connectivity index (χ0n) is 10.8. The summed E-state index contributed by atoms with van der Waals surface area (Å²) in [6, 6.07) is 9.42. The summed E-state index contributed by atoms with van der Waals surface area (Å²) in [7, 11) is 1.69.